The Labute approximate surface area is 181 Å². The number of hydrazine groups is 1. The number of primary amides is 1. The van der Waals surface area contributed by atoms with Crippen LogP contribution in [0.1, 0.15) is 23.6 Å². The van der Waals surface area contributed by atoms with E-state index >= 15 is 0 Å². The number of benzene rings is 2. The average Bonchev–Trinajstić information content (AvgIpc) is 2.66. The van der Waals surface area contributed by atoms with E-state index in [2.05, 4.69) is 32.1 Å². The molecule has 29 heavy (non-hydrogen) atoms. The molecule has 0 aliphatic rings. The second-order valence-electron chi connectivity index (χ2n) is 6.12. The monoisotopic (exact) mass is 482 g/mol. The lowest BCUT2D eigenvalue weighted by atomic mass is 10.0. The number of ether oxygens (including phenoxy) is 1. The highest BCUT2D eigenvalue weighted by atomic mass is 79.9. The van der Waals surface area contributed by atoms with Gasteiger partial charge in [0, 0.05) is 9.50 Å². The molecule has 0 aliphatic heterocycles. The molecule has 0 spiro atoms. The van der Waals surface area contributed by atoms with Crippen molar-refractivity contribution in [3.8, 4) is 5.75 Å². The number of aryl methyl sites for hydroxylation is 1. The summed E-state index contributed by atoms with van der Waals surface area (Å²) >= 11 is 9.27. The summed E-state index contributed by atoms with van der Waals surface area (Å²) in [5.74, 6) is -0.582. The summed E-state index contributed by atoms with van der Waals surface area (Å²) in [6.45, 7) is 1.52. The molecule has 0 heterocycles. The van der Waals surface area contributed by atoms with Crippen LogP contribution in [-0.2, 0) is 9.59 Å². The summed E-state index contributed by atoms with van der Waals surface area (Å²) in [6, 6.07) is 10.7. The van der Waals surface area contributed by atoms with E-state index < -0.39 is 23.9 Å². The molecule has 1 atom stereocenters. The molecule has 8 nitrogen and oxygen atoms in total. The zero-order chi connectivity index (χ0) is 21.4. The molecule has 0 aromatic heterocycles. The van der Waals surface area contributed by atoms with Crippen LogP contribution in [-0.4, -0.2) is 24.5 Å². The number of hydrogen-bond donors (Lipinski definition) is 4. The second-order valence-corrected chi connectivity index (χ2v) is 7.44. The maximum atomic E-state index is 12.2. The van der Waals surface area contributed by atoms with E-state index in [1.807, 2.05) is 13.0 Å². The second kappa shape index (κ2) is 10.7. The lowest BCUT2D eigenvalue weighted by Crippen LogP contribution is -2.45. The van der Waals surface area contributed by atoms with Gasteiger partial charge < -0.3 is 15.8 Å². The highest BCUT2D eigenvalue weighted by Crippen LogP contribution is 2.21. The van der Waals surface area contributed by atoms with Crippen molar-refractivity contribution in [2.45, 2.75) is 19.4 Å². The van der Waals surface area contributed by atoms with Crippen LogP contribution >= 0.6 is 27.5 Å². The molecule has 2 rings (SSSR count). The van der Waals surface area contributed by atoms with Crippen LogP contribution in [0, 0.1) is 6.92 Å². The van der Waals surface area contributed by atoms with Gasteiger partial charge in [-0.2, -0.15) is 0 Å². The first-order valence-corrected chi connectivity index (χ1v) is 9.69. The fourth-order valence-electron chi connectivity index (χ4n) is 2.42. The fourth-order valence-corrected chi connectivity index (χ4v) is 2.95. The molecule has 0 aliphatic carbocycles. The number of nitrogens with two attached hydrogens (primary N) is 1. The number of halogens is 2. The van der Waals surface area contributed by atoms with Crippen molar-refractivity contribution < 1.29 is 19.1 Å². The molecule has 154 valence electrons. The van der Waals surface area contributed by atoms with Crippen molar-refractivity contribution in [2.75, 3.05) is 6.61 Å². The zero-order valence-corrected chi connectivity index (χ0v) is 17.8. The first-order valence-electron chi connectivity index (χ1n) is 8.52. The van der Waals surface area contributed by atoms with Gasteiger partial charge in [-0.1, -0.05) is 39.7 Å². The van der Waals surface area contributed by atoms with E-state index in [4.69, 9.17) is 22.1 Å². The van der Waals surface area contributed by atoms with E-state index in [0.29, 0.717) is 16.3 Å². The summed E-state index contributed by atoms with van der Waals surface area (Å²) in [7, 11) is 0. The maximum Gasteiger partial charge on any atom is 0.312 e. The first kappa shape index (κ1) is 22.5. The predicted octanol–water partition coefficient (Wildman–Crippen LogP) is 2.74. The highest BCUT2D eigenvalue weighted by molar-refractivity contribution is 9.10. The Bertz CT molecular complexity index is 910. The number of carbonyl (C=O) groups excluding carboxylic acids is 3. The lowest BCUT2D eigenvalue weighted by Gasteiger charge is -2.18. The molecular formula is C19H20BrClN4O4. The quantitative estimate of drug-likeness (QED) is 0.452. The van der Waals surface area contributed by atoms with Crippen LogP contribution in [0.15, 0.2) is 46.9 Å². The number of rotatable bonds is 7. The van der Waals surface area contributed by atoms with E-state index in [-0.39, 0.29) is 13.0 Å². The standard InChI is InChI=1S/C19H20BrClN4O4/c1-11-7-14(5-6-15(11)21)29-10-18(27)25-24-17(26)9-16(23-19(22)28)12-3-2-4-13(20)8-12/h2-8,16H,9-10H2,1H3,(H,24,26)(H,25,27)(H3,22,23,28). The minimum absolute atomic E-state index is 0.128. The highest BCUT2D eigenvalue weighted by Gasteiger charge is 2.18. The van der Waals surface area contributed by atoms with Crippen molar-refractivity contribution in [3.63, 3.8) is 0 Å². The Morgan fingerprint density at radius 3 is 2.52 bits per heavy atom. The van der Waals surface area contributed by atoms with Crippen LogP contribution in [0.5, 0.6) is 5.75 Å². The van der Waals surface area contributed by atoms with Crippen LogP contribution in [0.25, 0.3) is 0 Å². The van der Waals surface area contributed by atoms with Gasteiger partial charge in [0.1, 0.15) is 5.75 Å². The number of nitrogens with one attached hydrogen (secondary N) is 3. The predicted molar refractivity (Wildman–Crippen MR) is 112 cm³/mol. The molecule has 5 N–H and O–H groups in total. The molecule has 0 fully saturated rings. The summed E-state index contributed by atoms with van der Waals surface area (Å²) < 4.78 is 6.14. The number of hydrogen-bond acceptors (Lipinski definition) is 4. The molecule has 2 aromatic carbocycles. The van der Waals surface area contributed by atoms with Gasteiger partial charge >= 0.3 is 6.03 Å². The van der Waals surface area contributed by atoms with Crippen LogP contribution in [0.3, 0.4) is 0 Å². The smallest absolute Gasteiger partial charge is 0.312 e. The van der Waals surface area contributed by atoms with Gasteiger partial charge in [0.05, 0.1) is 12.5 Å². The van der Waals surface area contributed by atoms with Crippen LogP contribution in [0.4, 0.5) is 4.79 Å². The van der Waals surface area contributed by atoms with E-state index in [1.165, 1.54) is 0 Å². The van der Waals surface area contributed by atoms with Crippen molar-refractivity contribution >= 4 is 45.4 Å². The summed E-state index contributed by atoms with van der Waals surface area (Å²) in [5.41, 5.74) is 11.2. The molecule has 0 bridgehead atoms. The average molecular weight is 484 g/mol. The van der Waals surface area contributed by atoms with Gasteiger partial charge in [0.2, 0.25) is 5.91 Å². The third-order valence-electron chi connectivity index (χ3n) is 3.80. The Hall–Kier alpha value is -2.78. The number of amides is 4. The van der Waals surface area contributed by atoms with Gasteiger partial charge in [-0.3, -0.25) is 20.4 Å². The summed E-state index contributed by atoms with van der Waals surface area (Å²) in [6.07, 6.45) is -0.128. The maximum absolute atomic E-state index is 12.2. The molecule has 1 unspecified atom stereocenters. The van der Waals surface area contributed by atoms with Crippen molar-refractivity contribution in [1.29, 1.82) is 0 Å². The van der Waals surface area contributed by atoms with Gasteiger partial charge in [-0.15, -0.1) is 0 Å². The molecule has 0 saturated heterocycles. The zero-order valence-electron chi connectivity index (χ0n) is 15.5. The lowest BCUT2D eigenvalue weighted by molar-refractivity contribution is -0.130. The third-order valence-corrected chi connectivity index (χ3v) is 4.72. The Morgan fingerprint density at radius 2 is 1.86 bits per heavy atom. The molecule has 0 saturated carbocycles. The van der Waals surface area contributed by atoms with Crippen molar-refractivity contribution in [3.05, 3.63) is 63.1 Å². The first-order chi connectivity index (χ1) is 13.7. The van der Waals surface area contributed by atoms with Gasteiger partial charge in [0.25, 0.3) is 5.91 Å². The minimum Gasteiger partial charge on any atom is -0.484 e. The Balaban J connectivity index is 1.85. The van der Waals surface area contributed by atoms with Gasteiger partial charge in [-0.25, -0.2) is 4.79 Å². The number of carbonyl (C=O) groups is 3. The molecule has 4 amide bonds. The van der Waals surface area contributed by atoms with E-state index in [9.17, 15) is 14.4 Å². The van der Waals surface area contributed by atoms with Crippen LogP contribution in [0.2, 0.25) is 5.02 Å². The van der Waals surface area contributed by atoms with E-state index in [0.717, 1.165) is 10.0 Å². The summed E-state index contributed by atoms with van der Waals surface area (Å²) in [5, 5.41) is 3.10. The molecular weight excluding hydrogens is 464 g/mol. The van der Waals surface area contributed by atoms with E-state index in [1.54, 1.807) is 36.4 Å². The van der Waals surface area contributed by atoms with Crippen molar-refractivity contribution in [1.82, 2.24) is 16.2 Å². The Morgan fingerprint density at radius 1 is 1.14 bits per heavy atom. The largest absolute Gasteiger partial charge is 0.484 e. The van der Waals surface area contributed by atoms with Crippen molar-refractivity contribution in [2.24, 2.45) is 5.73 Å². The number of urea groups is 1. The Kier molecular flexibility index (Phi) is 8.29. The third kappa shape index (κ3) is 7.63. The summed E-state index contributed by atoms with van der Waals surface area (Å²) in [4.78, 5) is 35.3. The fraction of sp³-hybridized carbons (Fsp3) is 0.211. The minimum atomic E-state index is -0.765. The van der Waals surface area contributed by atoms with Gasteiger partial charge in [0.15, 0.2) is 6.61 Å². The van der Waals surface area contributed by atoms with Gasteiger partial charge in [-0.05, 0) is 48.4 Å². The molecule has 0 radical (unpaired) electrons. The topological polar surface area (TPSA) is 123 Å². The molecule has 2 aromatic rings. The van der Waals surface area contributed by atoms with Crippen LogP contribution < -0.4 is 26.6 Å². The molecule has 10 heteroatoms. The normalized spacial score (nSPS) is 11.3. The SMILES string of the molecule is Cc1cc(OCC(=O)NNC(=O)CC(NC(N)=O)c2cccc(Br)c2)ccc1Cl.